The van der Waals surface area contributed by atoms with E-state index in [4.69, 9.17) is 9.47 Å². The third-order valence-corrected chi connectivity index (χ3v) is 13.3. The van der Waals surface area contributed by atoms with Gasteiger partial charge in [0.1, 0.15) is 27.4 Å². The van der Waals surface area contributed by atoms with E-state index < -0.39 is 20.3 Å². The zero-order valence-electron chi connectivity index (χ0n) is 28.0. The average molecular weight is 604 g/mol. The Morgan fingerprint density at radius 2 is 1.12 bits per heavy atom. The van der Waals surface area contributed by atoms with E-state index in [1.807, 2.05) is 24.3 Å². The van der Waals surface area contributed by atoms with Gasteiger partial charge in [-0.05, 0) is 56.2 Å². The molecule has 0 aliphatic carbocycles. The van der Waals surface area contributed by atoms with Crippen LogP contribution in [0.3, 0.4) is 0 Å². The summed E-state index contributed by atoms with van der Waals surface area (Å²) in [5.41, 5.74) is 3.54. The van der Waals surface area contributed by atoms with Crippen LogP contribution in [0.5, 0.6) is 11.5 Å². The molecule has 2 N–H and O–H groups in total. The van der Waals surface area contributed by atoms with E-state index >= 15 is 0 Å². The van der Waals surface area contributed by atoms with E-state index in [0.29, 0.717) is 24.5 Å². The number of rotatable bonds is 26. The van der Waals surface area contributed by atoms with Crippen molar-refractivity contribution in [3.8, 4) is 23.0 Å². The lowest BCUT2D eigenvalue weighted by atomic mass is 10.1. The van der Waals surface area contributed by atoms with Gasteiger partial charge in [-0.25, -0.2) is 0 Å². The summed E-state index contributed by atoms with van der Waals surface area (Å²) in [5.74, 6) is 4.44. The van der Waals surface area contributed by atoms with E-state index in [1.54, 1.807) is 0 Å². The quantitative estimate of drug-likeness (QED) is 0.0630. The molecule has 0 saturated carbocycles. The number of para-hydroxylation sites is 2. The number of ether oxygens (including phenoxy) is 2. The van der Waals surface area contributed by atoms with Gasteiger partial charge in [0.25, 0.3) is 0 Å². The maximum absolute atomic E-state index is 10.9. The minimum Gasteiger partial charge on any atom is -0.487 e. The predicted octanol–water partition coefficient (Wildman–Crippen LogP) is 8.63. The van der Waals surface area contributed by atoms with Crippen LogP contribution in [0, 0.1) is 11.5 Å². The van der Waals surface area contributed by atoms with Crippen molar-refractivity contribution in [1.29, 1.82) is 0 Å². The van der Waals surface area contributed by atoms with Crippen LogP contribution < -0.4 is 9.47 Å². The van der Waals surface area contributed by atoms with E-state index in [-0.39, 0.29) is 13.2 Å². The Labute approximate surface area is 260 Å². The van der Waals surface area contributed by atoms with Crippen molar-refractivity contribution in [3.63, 3.8) is 0 Å². The lowest BCUT2D eigenvalue weighted by Crippen LogP contribution is -2.37. The zero-order chi connectivity index (χ0) is 30.9. The van der Waals surface area contributed by atoms with Crippen LogP contribution in [-0.2, 0) is 0 Å². The molecule has 1 rings (SSSR count). The molecule has 0 spiro atoms. The maximum Gasteiger partial charge on any atom is 0.161 e. The van der Waals surface area contributed by atoms with Crippen molar-refractivity contribution in [2.75, 3.05) is 32.8 Å². The normalized spacial score (nSPS) is 13.0. The second kappa shape index (κ2) is 24.9. The SMILES string of the molecule is CCCCCCCCN(CCCCCCCC)C[C@H](O)COc1ccccc1OC[C@H](O)CC#C[Si](CC)(CC)CC. The topological polar surface area (TPSA) is 62.2 Å². The van der Waals surface area contributed by atoms with Crippen LogP contribution in [0.4, 0.5) is 0 Å². The summed E-state index contributed by atoms with van der Waals surface area (Å²) < 4.78 is 12.0. The Kier molecular flexibility index (Phi) is 22.8. The lowest BCUT2D eigenvalue weighted by molar-refractivity contribution is 0.0638. The molecule has 1 aromatic carbocycles. The predicted molar refractivity (Wildman–Crippen MR) is 182 cm³/mol. The standard InChI is InChI=1S/C36H65NO4Si/c1-6-11-13-15-17-21-27-37(28-22-18-16-14-12-7-2)30-34(39)32-41-36-26-20-19-25-35(36)40-31-33(38)24-23-29-42(8-3,9-4)10-5/h19-20,25-26,33-34,38-39H,6-18,21-22,24,27-28,30-32H2,1-5H3/t33-,34+/m1/s1. The lowest BCUT2D eigenvalue weighted by Gasteiger charge is -2.25. The Hall–Kier alpha value is -1.52. The number of hydrogen-bond donors (Lipinski definition) is 2. The molecule has 0 fully saturated rings. The number of hydrogen-bond acceptors (Lipinski definition) is 5. The van der Waals surface area contributed by atoms with Crippen LogP contribution >= 0.6 is 0 Å². The highest BCUT2D eigenvalue weighted by Crippen LogP contribution is 2.27. The first-order valence-electron chi connectivity index (χ1n) is 17.4. The maximum atomic E-state index is 10.9. The van der Waals surface area contributed by atoms with Crippen LogP contribution in [0.1, 0.15) is 118 Å². The number of aliphatic hydroxyl groups excluding tert-OH is 2. The summed E-state index contributed by atoms with van der Waals surface area (Å²) in [6, 6.07) is 11.0. The van der Waals surface area contributed by atoms with Gasteiger partial charge in [-0.3, -0.25) is 0 Å². The molecule has 0 bridgehead atoms. The van der Waals surface area contributed by atoms with Gasteiger partial charge in [0.2, 0.25) is 0 Å². The Balaban J connectivity index is 2.58. The largest absolute Gasteiger partial charge is 0.487 e. The summed E-state index contributed by atoms with van der Waals surface area (Å²) in [6.45, 7) is 14.3. The molecule has 1 aromatic rings. The fourth-order valence-electron chi connectivity index (χ4n) is 5.37. The molecule has 0 aliphatic rings. The van der Waals surface area contributed by atoms with Crippen molar-refractivity contribution in [2.24, 2.45) is 0 Å². The molecule has 2 atom stereocenters. The Morgan fingerprint density at radius 1 is 0.667 bits per heavy atom. The van der Waals surface area contributed by atoms with E-state index in [2.05, 4.69) is 51.0 Å². The average Bonchev–Trinajstić information content (AvgIpc) is 3.01. The van der Waals surface area contributed by atoms with Crippen LogP contribution in [-0.4, -0.2) is 68.2 Å². The first-order valence-corrected chi connectivity index (χ1v) is 20.0. The molecule has 0 aromatic heterocycles. The van der Waals surface area contributed by atoms with Crippen molar-refractivity contribution >= 4 is 8.07 Å². The zero-order valence-corrected chi connectivity index (χ0v) is 29.0. The van der Waals surface area contributed by atoms with Crippen LogP contribution in [0.25, 0.3) is 0 Å². The Morgan fingerprint density at radius 3 is 1.60 bits per heavy atom. The second-order valence-electron chi connectivity index (χ2n) is 12.1. The van der Waals surface area contributed by atoms with Crippen molar-refractivity contribution in [2.45, 2.75) is 148 Å². The molecule has 0 saturated heterocycles. The first-order chi connectivity index (χ1) is 20.4. The minimum atomic E-state index is -1.50. The number of unbranched alkanes of at least 4 members (excludes halogenated alkanes) is 10. The summed E-state index contributed by atoms with van der Waals surface area (Å²) in [6.07, 6.45) is 14.6. The molecule has 5 nitrogen and oxygen atoms in total. The van der Waals surface area contributed by atoms with Gasteiger partial charge in [-0.2, -0.15) is 0 Å². The van der Waals surface area contributed by atoms with Gasteiger partial charge in [-0.1, -0.05) is 111 Å². The van der Waals surface area contributed by atoms with E-state index in [0.717, 1.165) is 31.2 Å². The summed E-state index contributed by atoms with van der Waals surface area (Å²) >= 11 is 0. The van der Waals surface area contributed by atoms with Gasteiger partial charge < -0.3 is 24.6 Å². The molecule has 0 aliphatic heterocycles. The molecule has 6 heteroatoms. The number of nitrogens with zero attached hydrogens (tertiary/aromatic N) is 1. The van der Waals surface area contributed by atoms with Gasteiger partial charge in [0.05, 0.1) is 6.10 Å². The highest BCUT2D eigenvalue weighted by molar-refractivity contribution is 6.87. The first kappa shape index (κ1) is 38.5. The smallest absolute Gasteiger partial charge is 0.161 e. The molecular weight excluding hydrogens is 538 g/mol. The fraction of sp³-hybridized carbons (Fsp3) is 0.778. The van der Waals surface area contributed by atoms with Gasteiger partial charge in [0.15, 0.2) is 11.5 Å². The summed E-state index contributed by atoms with van der Waals surface area (Å²) in [7, 11) is -1.50. The highest BCUT2D eigenvalue weighted by Gasteiger charge is 2.24. The molecule has 0 amide bonds. The van der Waals surface area contributed by atoms with Crippen LogP contribution in [0.2, 0.25) is 18.1 Å². The second-order valence-corrected chi connectivity index (χ2v) is 17.0. The van der Waals surface area contributed by atoms with E-state index in [9.17, 15) is 10.2 Å². The molecule has 0 heterocycles. The molecule has 42 heavy (non-hydrogen) atoms. The van der Waals surface area contributed by atoms with Crippen LogP contribution in [0.15, 0.2) is 24.3 Å². The summed E-state index contributed by atoms with van der Waals surface area (Å²) in [4.78, 5) is 2.43. The molecule has 242 valence electrons. The third-order valence-electron chi connectivity index (χ3n) is 8.56. The fourth-order valence-corrected chi connectivity index (χ4v) is 7.88. The van der Waals surface area contributed by atoms with Crippen molar-refractivity contribution in [3.05, 3.63) is 24.3 Å². The minimum absolute atomic E-state index is 0.167. The van der Waals surface area contributed by atoms with Crippen molar-refractivity contribution in [1.82, 2.24) is 4.90 Å². The molecular formula is C36H65NO4Si. The van der Waals surface area contributed by atoms with Gasteiger partial charge in [0, 0.05) is 13.0 Å². The highest BCUT2D eigenvalue weighted by atomic mass is 28.3. The summed E-state index contributed by atoms with van der Waals surface area (Å²) in [5, 5.41) is 21.4. The van der Waals surface area contributed by atoms with Gasteiger partial charge in [-0.15, -0.1) is 11.5 Å². The van der Waals surface area contributed by atoms with Gasteiger partial charge >= 0.3 is 0 Å². The number of aliphatic hydroxyl groups is 2. The molecule has 0 radical (unpaired) electrons. The third kappa shape index (κ3) is 17.6. The molecule has 0 unspecified atom stereocenters. The monoisotopic (exact) mass is 603 g/mol. The number of benzene rings is 1. The Bertz CT molecular complexity index is 811. The van der Waals surface area contributed by atoms with E-state index in [1.165, 1.54) is 77.0 Å². The van der Waals surface area contributed by atoms with Crippen molar-refractivity contribution < 1.29 is 19.7 Å².